The zero-order valence-electron chi connectivity index (χ0n) is 10.3. The Labute approximate surface area is 113 Å². The third kappa shape index (κ3) is 4.54. The summed E-state index contributed by atoms with van der Waals surface area (Å²) >= 11 is 0. The summed E-state index contributed by atoms with van der Waals surface area (Å²) in [4.78, 5) is 0.473. The number of primary sulfonamides is 1. The Balaban J connectivity index is 3.13. The van der Waals surface area contributed by atoms with Crippen LogP contribution in [0.25, 0.3) is 0 Å². The maximum atomic E-state index is 12.4. The van der Waals surface area contributed by atoms with E-state index >= 15 is 0 Å². The first-order valence-electron chi connectivity index (χ1n) is 5.39. The van der Waals surface area contributed by atoms with Gasteiger partial charge in [-0.15, -0.1) is 0 Å². The van der Waals surface area contributed by atoms with Gasteiger partial charge < -0.3 is 15.7 Å². The second kappa shape index (κ2) is 5.85. The summed E-state index contributed by atoms with van der Waals surface area (Å²) in [6.07, 6.45) is -4.47. The standard InChI is InChI=1S/C10H14F3N3O3S/c11-10(12,13)6-16(3-4-17)7-1-2-9(8(14)5-7)20(15,18)19/h1-2,5,17H,3-4,6,14H2,(H2,15,18,19). The highest BCUT2D eigenvalue weighted by molar-refractivity contribution is 7.89. The quantitative estimate of drug-likeness (QED) is 0.676. The molecule has 1 aromatic carbocycles. The van der Waals surface area contributed by atoms with Crippen LogP contribution in [0.4, 0.5) is 24.5 Å². The minimum atomic E-state index is -4.47. The molecule has 20 heavy (non-hydrogen) atoms. The highest BCUT2D eigenvalue weighted by Gasteiger charge is 2.31. The smallest absolute Gasteiger partial charge is 0.398 e. The number of sulfonamides is 1. The number of nitrogens with zero attached hydrogens (tertiary/aromatic N) is 1. The summed E-state index contributed by atoms with van der Waals surface area (Å²) < 4.78 is 59.5. The number of halogens is 3. The van der Waals surface area contributed by atoms with Crippen molar-refractivity contribution in [1.82, 2.24) is 0 Å². The first-order chi connectivity index (χ1) is 9.04. The van der Waals surface area contributed by atoms with Crippen molar-refractivity contribution in [3.63, 3.8) is 0 Å². The van der Waals surface area contributed by atoms with Gasteiger partial charge in [0.15, 0.2) is 0 Å². The minimum absolute atomic E-state index is 0.0428. The summed E-state index contributed by atoms with van der Waals surface area (Å²) in [5, 5.41) is 13.7. The van der Waals surface area contributed by atoms with Crippen molar-refractivity contribution in [1.29, 1.82) is 0 Å². The molecule has 0 aliphatic rings. The number of nitrogens with two attached hydrogens (primary N) is 2. The molecule has 0 aliphatic heterocycles. The van der Waals surface area contributed by atoms with E-state index in [2.05, 4.69) is 0 Å². The van der Waals surface area contributed by atoms with Gasteiger partial charge in [-0.2, -0.15) is 13.2 Å². The lowest BCUT2D eigenvalue weighted by molar-refractivity contribution is -0.119. The number of hydrogen-bond acceptors (Lipinski definition) is 5. The molecule has 5 N–H and O–H groups in total. The van der Waals surface area contributed by atoms with Gasteiger partial charge in [-0.25, -0.2) is 13.6 Å². The van der Waals surface area contributed by atoms with E-state index in [1.54, 1.807) is 0 Å². The monoisotopic (exact) mass is 313 g/mol. The van der Waals surface area contributed by atoms with E-state index in [0.29, 0.717) is 0 Å². The summed E-state index contributed by atoms with van der Waals surface area (Å²) in [6, 6.07) is 3.25. The molecule has 0 saturated carbocycles. The van der Waals surface area contributed by atoms with Crippen molar-refractivity contribution < 1.29 is 26.7 Å². The molecule has 0 amide bonds. The van der Waals surface area contributed by atoms with E-state index in [-0.39, 0.29) is 22.8 Å². The van der Waals surface area contributed by atoms with Crippen molar-refractivity contribution >= 4 is 21.4 Å². The Hall–Kier alpha value is -1.52. The zero-order valence-corrected chi connectivity index (χ0v) is 11.1. The summed E-state index contributed by atoms with van der Waals surface area (Å²) in [5.74, 6) is 0. The van der Waals surface area contributed by atoms with Crippen LogP contribution in [0.1, 0.15) is 0 Å². The van der Waals surface area contributed by atoms with Crippen LogP contribution in [-0.2, 0) is 10.0 Å². The Morgan fingerprint density at radius 1 is 1.30 bits per heavy atom. The van der Waals surface area contributed by atoms with Crippen LogP contribution >= 0.6 is 0 Å². The average molecular weight is 313 g/mol. The number of rotatable bonds is 5. The number of aliphatic hydroxyl groups excluding tert-OH is 1. The fraction of sp³-hybridized carbons (Fsp3) is 0.400. The maximum absolute atomic E-state index is 12.4. The predicted octanol–water partition coefficient (Wildman–Crippen LogP) is 0.277. The van der Waals surface area contributed by atoms with Crippen LogP contribution in [0, 0.1) is 0 Å². The first-order valence-corrected chi connectivity index (χ1v) is 6.94. The molecule has 6 nitrogen and oxygen atoms in total. The van der Waals surface area contributed by atoms with E-state index in [0.717, 1.165) is 23.1 Å². The van der Waals surface area contributed by atoms with Crippen molar-refractivity contribution in [2.24, 2.45) is 5.14 Å². The predicted molar refractivity (Wildman–Crippen MR) is 67.6 cm³/mol. The molecule has 0 heterocycles. The molecule has 0 atom stereocenters. The lowest BCUT2D eigenvalue weighted by Crippen LogP contribution is -2.36. The number of alkyl halides is 3. The number of nitrogen functional groups attached to an aromatic ring is 1. The molecule has 0 saturated heterocycles. The lowest BCUT2D eigenvalue weighted by Gasteiger charge is -2.25. The Bertz CT molecular complexity index is 575. The molecule has 0 spiro atoms. The van der Waals surface area contributed by atoms with Gasteiger partial charge >= 0.3 is 6.18 Å². The molecule has 1 rings (SSSR count). The molecule has 0 aromatic heterocycles. The second-order valence-corrected chi connectivity index (χ2v) is 5.56. The number of aliphatic hydroxyl groups is 1. The third-order valence-corrected chi connectivity index (χ3v) is 3.39. The van der Waals surface area contributed by atoms with Crippen molar-refractivity contribution in [2.45, 2.75) is 11.1 Å². The van der Waals surface area contributed by atoms with Crippen LogP contribution < -0.4 is 15.8 Å². The van der Waals surface area contributed by atoms with Crippen LogP contribution in [0.15, 0.2) is 23.1 Å². The van der Waals surface area contributed by atoms with Gasteiger partial charge in [0.2, 0.25) is 10.0 Å². The van der Waals surface area contributed by atoms with Crippen molar-refractivity contribution in [3.8, 4) is 0 Å². The molecule has 0 radical (unpaired) electrons. The van der Waals surface area contributed by atoms with Crippen molar-refractivity contribution in [2.75, 3.05) is 30.3 Å². The SMILES string of the molecule is Nc1cc(N(CCO)CC(F)(F)F)ccc1S(N)(=O)=O. The van der Waals surface area contributed by atoms with Gasteiger partial charge in [0.25, 0.3) is 0 Å². The van der Waals surface area contributed by atoms with Gasteiger partial charge in [-0.3, -0.25) is 0 Å². The molecule has 0 fully saturated rings. The zero-order chi connectivity index (χ0) is 15.6. The largest absolute Gasteiger partial charge is 0.405 e. The highest BCUT2D eigenvalue weighted by atomic mass is 32.2. The first kappa shape index (κ1) is 16.5. The van der Waals surface area contributed by atoms with Crippen LogP contribution in [0.3, 0.4) is 0 Å². The van der Waals surface area contributed by atoms with Crippen LogP contribution in [-0.4, -0.2) is 39.4 Å². The van der Waals surface area contributed by atoms with E-state index in [4.69, 9.17) is 16.0 Å². The highest BCUT2D eigenvalue weighted by Crippen LogP contribution is 2.26. The molecule has 0 unspecified atom stereocenters. The maximum Gasteiger partial charge on any atom is 0.405 e. The molecular weight excluding hydrogens is 299 g/mol. The van der Waals surface area contributed by atoms with Crippen LogP contribution in [0.5, 0.6) is 0 Å². The van der Waals surface area contributed by atoms with Gasteiger partial charge in [0.05, 0.1) is 12.3 Å². The number of benzene rings is 1. The number of hydrogen-bond donors (Lipinski definition) is 3. The lowest BCUT2D eigenvalue weighted by atomic mass is 10.2. The van der Waals surface area contributed by atoms with Crippen LogP contribution in [0.2, 0.25) is 0 Å². The van der Waals surface area contributed by atoms with Gasteiger partial charge in [0.1, 0.15) is 11.4 Å². The van der Waals surface area contributed by atoms with Gasteiger partial charge in [0, 0.05) is 12.2 Å². The Morgan fingerprint density at radius 3 is 2.30 bits per heavy atom. The topological polar surface area (TPSA) is 110 Å². The Kier molecular flexibility index (Phi) is 4.84. The Morgan fingerprint density at radius 2 is 1.90 bits per heavy atom. The van der Waals surface area contributed by atoms with E-state index in [1.807, 2.05) is 0 Å². The molecule has 0 bridgehead atoms. The van der Waals surface area contributed by atoms with Crippen molar-refractivity contribution in [3.05, 3.63) is 18.2 Å². The van der Waals surface area contributed by atoms with Gasteiger partial charge in [-0.05, 0) is 18.2 Å². The summed E-state index contributed by atoms with van der Waals surface area (Å²) in [7, 11) is -4.04. The van der Waals surface area contributed by atoms with E-state index in [1.165, 1.54) is 0 Å². The molecule has 10 heteroatoms. The molecule has 114 valence electrons. The minimum Gasteiger partial charge on any atom is -0.398 e. The second-order valence-electron chi connectivity index (χ2n) is 4.03. The molecule has 0 aliphatic carbocycles. The average Bonchev–Trinajstić information content (AvgIpc) is 2.24. The number of anilines is 2. The van der Waals surface area contributed by atoms with E-state index in [9.17, 15) is 21.6 Å². The molecular formula is C10H14F3N3O3S. The van der Waals surface area contributed by atoms with E-state index < -0.39 is 29.4 Å². The normalized spacial score (nSPS) is 12.4. The fourth-order valence-corrected chi connectivity index (χ4v) is 2.27. The van der Waals surface area contributed by atoms with Gasteiger partial charge in [-0.1, -0.05) is 0 Å². The fourth-order valence-electron chi connectivity index (χ4n) is 1.63. The summed E-state index contributed by atoms with van der Waals surface area (Å²) in [6.45, 7) is -2.05. The molecule has 1 aromatic rings. The third-order valence-electron chi connectivity index (χ3n) is 2.41. The summed E-state index contributed by atoms with van der Waals surface area (Å²) in [5.41, 5.74) is 5.26.